The summed E-state index contributed by atoms with van der Waals surface area (Å²) in [5, 5.41) is 45.8. The average Bonchev–Trinajstić information content (AvgIpc) is 3.00. The molecule has 6 rings (SSSR count). The third-order valence-electron chi connectivity index (χ3n) is 8.84. The number of pyridine rings is 1. The van der Waals surface area contributed by atoms with Crippen LogP contribution in [0.5, 0.6) is 23.0 Å². The molecule has 0 spiro atoms. The van der Waals surface area contributed by atoms with Crippen LogP contribution in [0.25, 0.3) is 12.2 Å². The molecule has 0 fully saturated rings. The first-order chi connectivity index (χ1) is 22.3. The maximum atomic E-state index is 12.2. The number of aromatic nitrogens is 1. The number of para-hydroxylation sites is 1. The van der Waals surface area contributed by atoms with Crippen LogP contribution in [0.1, 0.15) is 66.9 Å². The molecule has 47 heavy (non-hydrogen) atoms. The lowest BCUT2D eigenvalue weighted by Gasteiger charge is -2.18. The Labute approximate surface area is 273 Å². The minimum absolute atomic E-state index is 0.0395. The average molecular weight is 651 g/mol. The molecule has 8 bridgehead atoms. The summed E-state index contributed by atoms with van der Waals surface area (Å²) in [7, 11) is -2.66. The highest BCUT2D eigenvalue weighted by Gasteiger charge is 2.22. The summed E-state index contributed by atoms with van der Waals surface area (Å²) in [5.41, 5.74) is 7.21. The number of benzene rings is 4. The highest BCUT2D eigenvalue weighted by Crippen LogP contribution is 2.39. The Balaban J connectivity index is 1.57. The van der Waals surface area contributed by atoms with Crippen LogP contribution >= 0.6 is 0 Å². The lowest BCUT2D eigenvalue weighted by atomic mass is 9.90. The molecule has 8 nitrogen and oxygen atoms in total. The molecule has 0 atom stereocenters. The Bertz CT molecular complexity index is 2180. The number of hydrogen-bond acceptors (Lipinski definition) is 6. The molecule has 0 aliphatic heterocycles. The Morgan fingerprint density at radius 3 is 1.55 bits per heavy atom. The van der Waals surface area contributed by atoms with Crippen LogP contribution in [-0.4, -0.2) is 33.4 Å². The number of phenolic OH excluding ortho intramolecular Hbond substituents is 4. The van der Waals surface area contributed by atoms with E-state index in [9.17, 15) is 33.4 Å². The summed E-state index contributed by atoms with van der Waals surface area (Å²) < 4.78 is 36.5. The molecule has 1 aliphatic rings. The van der Waals surface area contributed by atoms with E-state index in [0.29, 0.717) is 33.4 Å². The van der Waals surface area contributed by atoms with E-state index in [4.69, 9.17) is 0 Å². The van der Waals surface area contributed by atoms with Gasteiger partial charge in [-0.2, -0.15) is 8.42 Å². The van der Waals surface area contributed by atoms with E-state index in [2.05, 4.69) is 0 Å². The number of fused-ring (bicyclic) bond motifs is 8. The van der Waals surface area contributed by atoms with Crippen molar-refractivity contribution in [1.29, 1.82) is 0 Å². The van der Waals surface area contributed by atoms with Crippen molar-refractivity contribution in [3.8, 4) is 23.0 Å². The number of hydrogen-bond donors (Lipinski definition) is 5. The second kappa shape index (κ2) is 12.2. The molecule has 5 N–H and O–H groups in total. The largest absolute Gasteiger partial charge is 0.507 e. The SMILES string of the molecule is Cc1cc2c(O)c(c1)Cc1cc(S(=O)(=O)O)cc(c1O)Cc1cccc(c1O)Cc1cc(/C=C/c3c(C)ccc[n+]3C)cc(c1O)C2. The first kappa shape index (κ1) is 31.8. The first-order valence-electron chi connectivity index (χ1n) is 15.2. The maximum absolute atomic E-state index is 12.2. The van der Waals surface area contributed by atoms with Crippen LogP contribution in [-0.2, 0) is 42.8 Å². The fourth-order valence-electron chi connectivity index (χ4n) is 6.44. The smallest absolute Gasteiger partial charge is 0.294 e. The zero-order valence-electron chi connectivity index (χ0n) is 26.3. The fraction of sp³-hybridized carbons (Fsp3) is 0.184. The van der Waals surface area contributed by atoms with Crippen LogP contribution in [0.15, 0.2) is 77.8 Å². The van der Waals surface area contributed by atoms with Crippen LogP contribution in [0.4, 0.5) is 0 Å². The summed E-state index contributed by atoms with van der Waals surface area (Å²) in [4.78, 5) is -0.399. The Morgan fingerprint density at radius 1 is 0.617 bits per heavy atom. The summed E-state index contributed by atoms with van der Waals surface area (Å²) >= 11 is 0. The summed E-state index contributed by atoms with van der Waals surface area (Å²) in [5.74, 6) is -0.232. The van der Waals surface area contributed by atoms with Crippen molar-refractivity contribution in [2.75, 3.05) is 0 Å². The zero-order chi connectivity index (χ0) is 33.6. The van der Waals surface area contributed by atoms with Gasteiger partial charge in [0.2, 0.25) is 5.69 Å². The highest BCUT2D eigenvalue weighted by atomic mass is 32.2. The molecule has 0 saturated carbocycles. The predicted octanol–water partition coefficient (Wildman–Crippen LogP) is 6.04. The van der Waals surface area contributed by atoms with E-state index in [1.54, 1.807) is 24.3 Å². The summed E-state index contributed by atoms with van der Waals surface area (Å²) in [6, 6.07) is 18.9. The van der Waals surface area contributed by atoms with Gasteiger partial charge in [0.25, 0.3) is 10.1 Å². The van der Waals surface area contributed by atoms with Gasteiger partial charge < -0.3 is 20.4 Å². The van der Waals surface area contributed by atoms with E-state index in [1.807, 2.05) is 74.1 Å². The molecule has 1 aliphatic carbocycles. The molecule has 0 saturated heterocycles. The van der Waals surface area contributed by atoms with Gasteiger partial charge in [-0.15, -0.1) is 0 Å². The van der Waals surface area contributed by atoms with Gasteiger partial charge >= 0.3 is 0 Å². The lowest BCUT2D eigenvalue weighted by Crippen LogP contribution is -2.31. The van der Waals surface area contributed by atoms with Crippen LogP contribution in [0, 0.1) is 13.8 Å². The van der Waals surface area contributed by atoms with E-state index >= 15 is 0 Å². The number of aromatic hydroxyl groups is 4. The second-order valence-corrected chi connectivity index (χ2v) is 13.8. The van der Waals surface area contributed by atoms with Gasteiger partial charge in [-0.3, -0.25) is 4.55 Å². The van der Waals surface area contributed by atoms with Crippen molar-refractivity contribution in [1.82, 2.24) is 0 Å². The number of phenols is 4. The van der Waals surface area contributed by atoms with E-state index < -0.39 is 15.0 Å². The molecular weight excluding hydrogens is 614 g/mol. The van der Waals surface area contributed by atoms with Gasteiger partial charge in [-0.25, -0.2) is 4.57 Å². The minimum Gasteiger partial charge on any atom is -0.507 e. The van der Waals surface area contributed by atoms with Gasteiger partial charge in [0.1, 0.15) is 30.0 Å². The molecule has 240 valence electrons. The predicted molar refractivity (Wildman–Crippen MR) is 179 cm³/mol. The van der Waals surface area contributed by atoms with Crippen LogP contribution in [0.3, 0.4) is 0 Å². The quantitative estimate of drug-likeness (QED) is 0.116. The molecule has 0 radical (unpaired) electrons. The minimum atomic E-state index is -4.64. The number of rotatable bonds is 3. The van der Waals surface area contributed by atoms with Gasteiger partial charge in [-0.1, -0.05) is 35.9 Å². The Morgan fingerprint density at radius 2 is 1.06 bits per heavy atom. The summed E-state index contributed by atoms with van der Waals surface area (Å²) in [6.45, 7) is 3.90. The molecule has 1 heterocycles. The molecule has 4 aromatic carbocycles. The molecule has 0 amide bonds. The standard InChI is InChI=1S/C38H35NO7S/c1-22-12-27-18-30-15-24(9-10-34-23(2)6-5-11-39(34)3)14-29(37(30)42)16-25-7-4-8-26(35(25)40)17-31-20-33(47(44,45)46)21-32(38(31)43)19-28(13-22)36(27)41/h4-15,20-21H,16-19H2,1-3H3,(H4,40,41,43,44,45,46)/p+1. The van der Waals surface area contributed by atoms with Crippen molar-refractivity contribution in [2.45, 2.75) is 44.4 Å². The van der Waals surface area contributed by atoms with Crippen LogP contribution in [0.2, 0.25) is 0 Å². The van der Waals surface area contributed by atoms with Gasteiger partial charge in [0.05, 0.1) is 4.90 Å². The Hall–Kier alpha value is -5.12. The van der Waals surface area contributed by atoms with E-state index in [0.717, 1.165) is 22.4 Å². The second-order valence-electron chi connectivity index (χ2n) is 12.3. The van der Waals surface area contributed by atoms with E-state index in [-0.39, 0.29) is 59.8 Å². The summed E-state index contributed by atoms with van der Waals surface area (Å²) in [6.07, 6.45) is 6.24. The third kappa shape index (κ3) is 6.45. The molecular formula is C38H36NO7S+. The van der Waals surface area contributed by atoms with Crippen molar-refractivity contribution in [2.24, 2.45) is 7.05 Å². The molecule has 9 heteroatoms. The maximum Gasteiger partial charge on any atom is 0.294 e. The zero-order valence-corrected chi connectivity index (χ0v) is 27.1. The molecule has 5 aromatic rings. The highest BCUT2D eigenvalue weighted by molar-refractivity contribution is 7.85. The Kier molecular flexibility index (Phi) is 8.29. The van der Waals surface area contributed by atoms with Crippen molar-refractivity contribution >= 4 is 22.3 Å². The third-order valence-corrected chi connectivity index (χ3v) is 9.67. The first-order valence-corrected chi connectivity index (χ1v) is 16.6. The topological polar surface area (TPSA) is 139 Å². The number of aryl methyl sites for hydroxylation is 3. The lowest BCUT2D eigenvalue weighted by molar-refractivity contribution is -0.673. The number of nitrogens with zero attached hydrogens (tertiary/aromatic N) is 1. The molecule has 1 aromatic heterocycles. The molecule has 0 unspecified atom stereocenters. The fourth-order valence-corrected chi connectivity index (χ4v) is 7.02. The van der Waals surface area contributed by atoms with E-state index in [1.165, 1.54) is 12.1 Å². The van der Waals surface area contributed by atoms with Gasteiger partial charge in [-0.05, 0) is 89.2 Å². The van der Waals surface area contributed by atoms with Crippen LogP contribution < -0.4 is 4.57 Å². The van der Waals surface area contributed by atoms with Crippen molar-refractivity contribution in [3.05, 3.63) is 140 Å². The van der Waals surface area contributed by atoms with Crippen molar-refractivity contribution in [3.63, 3.8) is 0 Å². The van der Waals surface area contributed by atoms with Gasteiger partial charge in [0.15, 0.2) is 6.20 Å². The van der Waals surface area contributed by atoms with Crippen molar-refractivity contribution < 1.29 is 38.0 Å². The monoisotopic (exact) mass is 650 g/mol. The normalized spacial score (nSPS) is 13.2. The van der Waals surface area contributed by atoms with Gasteiger partial charge in [0, 0.05) is 54.5 Å².